The maximum atomic E-state index is 2.51. The first-order chi connectivity index (χ1) is 6.29. The van der Waals surface area contributed by atoms with Gasteiger partial charge in [-0.15, -0.1) is 0 Å². The van der Waals surface area contributed by atoms with E-state index in [9.17, 15) is 0 Å². The van der Waals surface area contributed by atoms with Gasteiger partial charge in [0.05, 0.1) is 0 Å². The highest BCUT2D eigenvalue weighted by Crippen LogP contribution is 2.58. The Balaban J connectivity index is 2.06. The molecule has 2 fully saturated rings. The van der Waals surface area contributed by atoms with E-state index in [1.54, 1.807) is 12.8 Å². The van der Waals surface area contributed by atoms with Crippen LogP contribution in [0.4, 0.5) is 0 Å². The normalized spacial score (nSPS) is 48.7. The van der Waals surface area contributed by atoms with Crippen LogP contribution in [0.5, 0.6) is 0 Å². The third-order valence-electron chi connectivity index (χ3n) is 4.93. The fourth-order valence-corrected chi connectivity index (χ4v) is 4.20. The van der Waals surface area contributed by atoms with E-state index in [2.05, 4.69) is 20.8 Å². The van der Waals surface area contributed by atoms with Crippen LogP contribution in [-0.4, -0.2) is 0 Å². The van der Waals surface area contributed by atoms with E-state index in [1.165, 1.54) is 19.3 Å². The molecule has 13 heavy (non-hydrogen) atoms. The van der Waals surface area contributed by atoms with Crippen molar-refractivity contribution in [3.8, 4) is 0 Å². The molecule has 0 radical (unpaired) electrons. The average molecular weight is 180 g/mol. The first-order valence-electron chi connectivity index (χ1n) is 6.29. The molecule has 0 aromatic carbocycles. The summed E-state index contributed by atoms with van der Waals surface area (Å²) in [5.41, 5.74) is 0. The lowest BCUT2D eigenvalue weighted by molar-refractivity contribution is 0.143. The molecule has 0 aromatic rings. The molecule has 5 unspecified atom stereocenters. The van der Waals surface area contributed by atoms with Crippen LogP contribution in [0.1, 0.15) is 52.9 Å². The van der Waals surface area contributed by atoms with Crippen molar-refractivity contribution in [3.05, 3.63) is 0 Å². The fourth-order valence-electron chi connectivity index (χ4n) is 4.20. The van der Waals surface area contributed by atoms with Gasteiger partial charge in [0.25, 0.3) is 0 Å². The van der Waals surface area contributed by atoms with E-state index >= 15 is 0 Å². The van der Waals surface area contributed by atoms with Gasteiger partial charge in [0.2, 0.25) is 0 Å². The van der Waals surface area contributed by atoms with Crippen LogP contribution in [-0.2, 0) is 0 Å². The van der Waals surface area contributed by atoms with Gasteiger partial charge in [-0.05, 0) is 42.4 Å². The molecule has 5 atom stereocenters. The summed E-state index contributed by atoms with van der Waals surface area (Å²) in [5.74, 6) is 5.47. The van der Waals surface area contributed by atoms with Gasteiger partial charge in [0.15, 0.2) is 0 Å². The zero-order valence-corrected chi connectivity index (χ0v) is 9.42. The molecule has 76 valence electrons. The number of fused-ring (bicyclic) bond motifs is 1. The molecule has 0 heteroatoms. The highest BCUT2D eigenvalue weighted by Gasteiger charge is 2.50. The predicted octanol–water partition coefficient (Wildman–Crippen LogP) is 4.10. The van der Waals surface area contributed by atoms with Crippen molar-refractivity contribution in [3.63, 3.8) is 0 Å². The van der Waals surface area contributed by atoms with Crippen molar-refractivity contribution < 1.29 is 0 Å². The fraction of sp³-hybridized carbons (Fsp3) is 1.00. The molecule has 0 spiro atoms. The summed E-state index contributed by atoms with van der Waals surface area (Å²) in [4.78, 5) is 0. The van der Waals surface area contributed by atoms with E-state index in [0.29, 0.717) is 0 Å². The van der Waals surface area contributed by atoms with Crippen LogP contribution in [0.25, 0.3) is 0 Å². The predicted molar refractivity (Wildman–Crippen MR) is 57.6 cm³/mol. The van der Waals surface area contributed by atoms with E-state index in [4.69, 9.17) is 0 Å². The molecule has 2 aliphatic carbocycles. The van der Waals surface area contributed by atoms with E-state index < -0.39 is 0 Å². The Labute approximate surface area is 83.1 Å². The van der Waals surface area contributed by atoms with E-state index in [-0.39, 0.29) is 0 Å². The van der Waals surface area contributed by atoms with Crippen molar-refractivity contribution in [2.75, 3.05) is 0 Å². The molecule has 0 heterocycles. The second kappa shape index (κ2) is 3.63. The van der Waals surface area contributed by atoms with Gasteiger partial charge < -0.3 is 0 Å². The molecule has 2 aliphatic rings. The standard InChI is InChI=1S/C13H24/c1-4-6-12-10(5-2)9(3)11-7-8-13(11)12/h9-13H,4-8H2,1-3H3. The second-order valence-electron chi connectivity index (χ2n) is 5.29. The molecule has 2 saturated carbocycles. The minimum Gasteiger partial charge on any atom is -0.0654 e. The SMILES string of the molecule is CCCC1C(CC)C(C)C2CCC21. The van der Waals surface area contributed by atoms with Crippen LogP contribution in [0.2, 0.25) is 0 Å². The maximum absolute atomic E-state index is 2.51. The van der Waals surface area contributed by atoms with Gasteiger partial charge in [0, 0.05) is 0 Å². The van der Waals surface area contributed by atoms with E-state index in [0.717, 1.165) is 29.6 Å². The number of rotatable bonds is 3. The summed E-state index contributed by atoms with van der Waals surface area (Å²) in [5, 5.41) is 0. The van der Waals surface area contributed by atoms with Crippen LogP contribution in [0.3, 0.4) is 0 Å². The van der Waals surface area contributed by atoms with Gasteiger partial charge in [-0.3, -0.25) is 0 Å². The molecular formula is C13H24. The highest BCUT2D eigenvalue weighted by atomic mass is 14.6. The summed E-state index contributed by atoms with van der Waals surface area (Å²) in [6.45, 7) is 7.26. The van der Waals surface area contributed by atoms with Gasteiger partial charge in [-0.1, -0.05) is 40.0 Å². The summed E-state index contributed by atoms with van der Waals surface area (Å²) in [7, 11) is 0. The Hall–Kier alpha value is 0. The van der Waals surface area contributed by atoms with Crippen molar-refractivity contribution in [1.29, 1.82) is 0 Å². The molecule has 0 aliphatic heterocycles. The lowest BCUT2D eigenvalue weighted by Crippen LogP contribution is -2.27. The molecule has 0 bridgehead atoms. The Morgan fingerprint density at radius 2 is 1.69 bits per heavy atom. The Morgan fingerprint density at radius 1 is 1.00 bits per heavy atom. The van der Waals surface area contributed by atoms with Gasteiger partial charge in [0.1, 0.15) is 0 Å². The molecule has 2 rings (SSSR count). The minimum absolute atomic E-state index is 1.04. The summed E-state index contributed by atoms with van der Waals surface area (Å²) < 4.78 is 0. The Morgan fingerprint density at radius 3 is 2.15 bits per heavy atom. The smallest absolute Gasteiger partial charge is 0.0352 e. The largest absolute Gasteiger partial charge is 0.0654 e. The highest BCUT2D eigenvalue weighted by molar-refractivity contribution is 4.99. The maximum Gasteiger partial charge on any atom is -0.0352 e. The molecule has 0 aromatic heterocycles. The lowest BCUT2D eigenvalue weighted by atomic mass is 9.70. The first kappa shape index (κ1) is 9.55. The van der Waals surface area contributed by atoms with Gasteiger partial charge in [-0.2, -0.15) is 0 Å². The average Bonchev–Trinajstić information content (AvgIpc) is 2.19. The van der Waals surface area contributed by atoms with Crippen LogP contribution >= 0.6 is 0 Å². The monoisotopic (exact) mass is 180 g/mol. The van der Waals surface area contributed by atoms with Crippen molar-refractivity contribution in [2.24, 2.45) is 29.6 Å². The zero-order valence-electron chi connectivity index (χ0n) is 9.42. The lowest BCUT2D eigenvalue weighted by Gasteiger charge is -2.35. The van der Waals surface area contributed by atoms with Crippen LogP contribution in [0.15, 0.2) is 0 Å². The third-order valence-corrected chi connectivity index (χ3v) is 4.93. The Kier molecular flexibility index (Phi) is 2.67. The summed E-state index contributed by atoms with van der Waals surface area (Å²) in [6, 6.07) is 0. The van der Waals surface area contributed by atoms with Crippen molar-refractivity contribution >= 4 is 0 Å². The minimum atomic E-state index is 1.04. The summed E-state index contributed by atoms with van der Waals surface area (Å²) in [6.07, 6.45) is 7.43. The molecule has 0 saturated heterocycles. The quantitative estimate of drug-likeness (QED) is 0.613. The summed E-state index contributed by atoms with van der Waals surface area (Å²) >= 11 is 0. The second-order valence-corrected chi connectivity index (χ2v) is 5.29. The molecule has 0 nitrogen and oxygen atoms in total. The van der Waals surface area contributed by atoms with Crippen LogP contribution in [0, 0.1) is 29.6 Å². The Bertz CT molecular complexity index is 173. The van der Waals surface area contributed by atoms with Crippen LogP contribution < -0.4 is 0 Å². The molecule has 0 amide bonds. The van der Waals surface area contributed by atoms with Crippen molar-refractivity contribution in [1.82, 2.24) is 0 Å². The van der Waals surface area contributed by atoms with Gasteiger partial charge in [-0.25, -0.2) is 0 Å². The molecular weight excluding hydrogens is 156 g/mol. The first-order valence-corrected chi connectivity index (χ1v) is 6.29. The topological polar surface area (TPSA) is 0 Å². The van der Waals surface area contributed by atoms with Gasteiger partial charge >= 0.3 is 0 Å². The van der Waals surface area contributed by atoms with E-state index in [1.807, 2.05) is 0 Å². The van der Waals surface area contributed by atoms with Crippen molar-refractivity contribution in [2.45, 2.75) is 52.9 Å². The zero-order chi connectivity index (χ0) is 9.42. The molecule has 0 N–H and O–H groups in total. The number of hydrogen-bond donors (Lipinski definition) is 0. The number of hydrogen-bond acceptors (Lipinski definition) is 0. The third kappa shape index (κ3) is 1.33.